The van der Waals surface area contributed by atoms with Crippen LogP contribution in [-0.4, -0.2) is 30.4 Å². The summed E-state index contributed by atoms with van der Waals surface area (Å²) >= 11 is 5.27. The molecule has 2 N–H and O–H groups in total. The number of amides is 1. The van der Waals surface area contributed by atoms with Gasteiger partial charge in [0.05, 0.1) is 0 Å². The van der Waals surface area contributed by atoms with Gasteiger partial charge in [-0.05, 0) is 13.8 Å². The molecule has 0 rings (SSSR count). The number of carbonyl (C=O) groups excluding carboxylic acids is 1. The predicted molar refractivity (Wildman–Crippen MR) is 43.6 cm³/mol. The average molecular weight is 184 g/mol. The van der Waals surface area contributed by atoms with Crippen molar-refractivity contribution >= 4 is 17.7 Å². The second kappa shape index (κ2) is 9.52. The number of hydrogen-bond donors (Lipinski definition) is 2. The summed E-state index contributed by atoms with van der Waals surface area (Å²) in [6, 6.07) is 0. The summed E-state index contributed by atoms with van der Waals surface area (Å²) < 4.78 is 4.41. The van der Waals surface area contributed by atoms with Crippen LogP contribution in [0.5, 0.6) is 0 Å². The lowest BCUT2D eigenvalue weighted by Crippen LogP contribution is -2.21. The van der Waals surface area contributed by atoms with Crippen molar-refractivity contribution in [3.05, 3.63) is 0 Å². The van der Waals surface area contributed by atoms with Crippen LogP contribution in [0.2, 0.25) is 0 Å². The van der Waals surface area contributed by atoms with Crippen LogP contribution >= 0.6 is 11.6 Å². The van der Waals surface area contributed by atoms with E-state index in [0.717, 1.165) is 0 Å². The summed E-state index contributed by atoms with van der Waals surface area (Å²) in [5.74, 6) is 0. The molecule has 0 aliphatic carbocycles. The second-order valence-electron chi connectivity index (χ2n) is 1.51. The normalized spacial score (nSPS) is 10.6. The van der Waals surface area contributed by atoms with Gasteiger partial charge in [-0.1, -0.05) is 11.6 Å². The van der Waals surface area contributed by atoms with E-state index in [4.69, 9.17) is 16.7 Å². The Morgan fingerprint density at radius 3 is 2.27 bits per heavy atom. The molecule has 0 radical (unpaired) electrons. The van der Waals surface area contributed by atoms with E-state index >= 15 is 0 Å². The Hall–Kier alpha value is -0.480. The maximum atomic E-state index is 10.2. The predicted octanol–water partition coefficient (Wildman–Crippen LogP) is 0.926. The molecule has 0 saturated heterocycles. The highest BCUT2D eigenvalue weighted by Crippen LogP contribution is 1.94. The molecule has 1 unspecified atom stereocenters. The third-order valence-electron chi connectivity index (χ3n) is 0.474. The van der Waals surface area contributed by atoms with Gasteiger partial charge in [0.2, 0.25) is 0 Å². The van der Waals surface area contributed by atoms with E-state index in [9.17, 15) is 4.79 Å². The molecule has 5 heteroatoms. The lowest BCUT2D eigenvalue weighted by atomic mass is 10.8. The number of aliphatic hydroxyl groups excluding tert-OH is 1. The highest BCUT2D eigenvalue weighted by molar-refractivity contribution is 6.19. The van der Waals surface area contributed by atoms with E-state index in [-0.39, 0.29) is 6.61 Å². The number of rotatable bonds is 1. The molecule has 1 atom stereocenters. The lowest BCUT2D eigenvalue weighted by molar-refractivity contribution is 0.141. The number of nitrogens with one attached hydrogen (secondary N) is 1. The topological polar surface area (TPSA) is 58.6 Å². The Balaban J connectivity index is 0. The van der Waals surface area contributed by atoms with Crippen LogP contribution in [0.3, 0.4) is 0 Å². The molecule has 0 saturated carbocycles. The van der Waals surface area contributed by atoms with Gasteiger partial charge in [0.15, 0.2) is 5.56 Å². The molecule has 11 heavy (non-hydrogen) atoms. The molecule has 0 aromatic heterocycles. The molecule has 0 bridgehead atoms. The standard InChI is InChI=1S/C4H8ClNO2.C2H6O/c1-3(5)8-4(7)6-2;1-2-3/h3H,1-2H3,(H,6,7);3H,2H2,1H3. The fourth-order valence-electron chi connectivity index (χ4n) is 0.206. The van der Waals surface area contributed by atoms with Crippen LogP contribution in [0.1, 0.15) is 13.8 Å². The van der Waals surface area contributed by atoms with E-state index in [0.29, 0.717) is 0 Å². The van der Waals surface area contributed by atoms with Crippen LogP contribution in [0, 0.1) is 0 Å². The number of aliphatic hydroxyl groups is 1. The largest absolute Gasteiger partial charge is 0.430 e. The van der Waals surface area contributed by atoms with Gasteiger partial charge in [-0.15, -0.1) is 0 Å². The van der Waals surface area contributed by atoms with Gasteiger partial charge in [-0.2, -0.15) is 0 Å². The minimum Gasteiger partial charge on any atom is -0.430 e. The Morgan fingerprint density at radius 1 is 1.82 bits per heavy atom. The highest BCUT2D eigenvalue weighted by Gasteiger charge is 2.00. The van der Waals surface area contributed by atoms with Gasteiger partial charge in [0.25, 0.3) is 0 Å². The molecule has 0 heterocycles. The molecule has 1 amide bonds. The van der Waals surface area contributed by atoms with E-state index < -0.39 is 11.7 Å². The van der Waals surface area contributed by atoms with E-state index in [1.54, 1.807) is 13.8 Å². The van der Waals surface area contributed by atoms with Crippen LogP contribution < -0.4 is 5.32 Å². The molecule has 68 valence electrons. The molecule has 0 aliphatic rings. The molecular formula is C6H14ClNO3. The summed E-state index contributed by atoms with van der Waals surface area (Å²) in [7, 11) is 1.47. The third kappa shape index (κ3) is 17.7. The van der Waals surface area contributed by atoms with Crippen LogP contribution in [0.15, 0.2) is 0 Å². The van der Waals surface area contributed by atoms with E-state index in [1.807, 2.05) is 0 Å². The summed E-state index contributed by atoms with van der Waals surface area (Å²) in [5, 5.41) is 9.82. The second-order valence-corrected chi connectivity index (χ2v) is 2.13. The van der Waals surface area contributed by atoms with Crippen molar-refractivity contribution < 1.29 is 14.6 Å². The van der Waals surface area contributed by atoms with Crippen molar-refractivity contribution in [2.24, 2.45) is 0 Å². The highest BCUT2D eigenvalue weighted by atomic mass is 35.5. The zero-order chi connectivity index (χ0) is 9.28. The quantitative estimate of drug-likeness (QED) is 0.595. The van der Waals surface area contributed by atoms with Gasteiger partial charge in [-0.25, -0.2) is 4.79 Å². The molecule has 0 aromatic carbocycles. The third-order valence-corrected chi connectivity index (χ3v) is 0.563. The van der Waals surface area contributed by atoms with Crippen molar-refractivity contribution in [2.75, 3.05) is 13.7 Å². The molecular weight excluding hydrogens is 170 g/mol. The Kier molecular flexibility index (Phi) is 11.4. The van der Waals surface area contributed by atoms with Gasteiger partial charge in [0.1, 0.15) is 0 Å². The van der Waals surface area contributed by atoms with Crippen LogP contribution in [-0.2, 0) is 4.74 Å². The molecule has 0 aromatic rings. The van der Waals surface area contributed by atoms with E-state index in [1.165, 1.54) is 7.05 Å². The molecule has 0 fully saturated rings. The fraction of sp³-hybridized carbons (Fsp3) is 0.833. The monoisotopic (exact) mass is 183 g/mol. The lowest BCUT2D eigenvalue weighted by Gasteiger charge is -2.02. The van der Waals surface area contributed by atoms with Crippen LogP contribution in [0.4, 0.5) is 4.79 Å². The average Bonchev–Trinajstić information content (AvgIpc) is 1.88. The summed E-state index contributed by atoms with van der Waals surface area (Å²) in [4.78, 5) is 10.2. The van der Waals surface area contributed by atoms with Crippen molar-refractivity contribution in [1.82, 2.24) is 5.32 Å². The molecule has 0 spiro atoms. The van der Waals surface area contributed by atoms with Crippen molar-refractivity contribution in [3.8, 4) is 0 Å². The number of ether oxygens (including phenoxy) is 1. The summed E-state index contributed by atoms with van der Waals surface area (Å²) in [6.07, 6.45) is -0.507. The summed E-state index contributed by atoms with van der Waals surface area (Å²) in [6.45, 7) is 3.50. The van der Waals surface area contributed by atoms with Crippen molar-refractivity contribution in [1.29, 1.82) is 0 Å². The SMILES string of the molecule is CCO.CNC(=O)OC(C)Cl. The molecule has 0 aliphatic heterocycles. The maximum Gasteiger partial charge on any atom is 0.408 e. The number of hydrogen-bond acceptors (Lipinski definition) is 3. The first kappa shape index (κ1) is 13.1. The first-order chi connectivity index (χ1) is 5.08. The first-order valence-corrected chi connectivity index (χ1v) is 3.65. The zero-order valence-corrected chi connectivity index (χ0v) is 7.68. The minimum absolute atomic E-state index is 0.250. The van der Waals surface area contributed by atoms with Crippen molar-refractivity contribution in [3.63, 3.8) is 0 Å². The Labute approximate surface area is 71.5 Å². The van der Waals surface area contributed by atoms with Gasteiger partial charge >= 0.3 is 6.09 Å². The first-order valence-electron chi connectivity index (χ1n) is 3.21. The maximum absolute atomic E-state index is 10.2. The fourth-order valence-corrected chi connectivity index (χ4v) is 0.287. The zero-order valence-electron chi connectivity index (χ0n) is 6.93. The van der Waals surface area contributed by atoms with E-state index in [2.05, 4.69) is 10.1 Å². The number of halogens is 1. The Bertz CT molecular complexity index is 97.8. The number of alkyl carbamates (subject to hydrolysis) is 1. The summed E-state index contributed by atoms with van der Waals surface area (Å²) in [5.41, 5.74) is -0.560. The smallest absolute Gasteiger partial charge is 0.408 e. The van der Waals surface area contributed by atoms with Crippen LogP contribution in [0.25, 0.3) is 0 Å². The van der Waals surface area contributed by atoms with Gasteiger partial charge < -0.3 is 15.2 Å². The number of alkyl halides is 1. The van der Waals surface area contributed by atoms with Crippen molar-refractivity contribution in [2.45, 2.75) is 19.4 Å². The van der Waals surface area contributed by atoms with Gasteiger partial charge in [-0.3, -0.25) is 0 Å². The van der Waals surface area contributed by atoms with Gasteiger partial charge in [0, 0.05) is 13.7 Å². The Morgan fingerprint density at radius 2 is 2.18 bits per heavy atom. The molecule has 4 nitrogen and oxygen atoms in total. The number of carbonyl (C=O) groups is 1. The minimum atomic E-state index is -0.560.